The molecule has 0 radical (unpaired) electrons. The Morgan fingerprint density at radius 3 is 2.37 bits per heavy atom. The zero-order valence-corrected chi connectivity index (χ0v) is 23.4. The van der Waals surface area contributed by atoms with Crippen molar-refractivity contribution in [2.24, 2.45) is 14.1 Å². The number of amides is 1. The third-order valence-electron chi connectivity index (χ3n) is 6.75. The number of carbonyl (C=O) groups excluding carboxylic acids is 1. The van der Waals surface area contributed by atoms with Gasteiger partial charge in [0.15, 0.2) is 11.2 Å². The maximum Gasteiger partial charge on any atom is 0.332 e. The molecule has 1 aliphatic heterocycles. The topological polar surface area (TPSA) is 97.4 Å². The van der Waals surface area contributed by atoms with E-state index >= 15 is 0 Å². The van der Waals surface area contributed by atoms with E-state index in [1.807, 2.05) is 41.0 Å². The number of imidazole rings is 1. The molecule has 1 saturated heterocycles. The SMILES string of the molecule is Cn1c(=O)c2c(nc(N3CCN(CC(=O)Nc4ccccc4Cl)CC3)n2Cc2ccc(Br)cc2)n(C)c1=O. The lowest BCUT2D eigenvalue weighted by Gasteiger charge is -2.35. The first-order valence-corrected chi connectivity index (χ1v) is 13.3. The Kier molecular flexibility index (Phi) is 7.42. The first-order chi connectivity index (χ1) is 18.2. The summed E-state index contributed by atoms with van der Waals surface area (Å²) in [5.41, 5.74) is 1.53. The second-order valence-electron chi connectivity index (χ2n) is 9.29. The van der Waals surface area contributed by atoms with Crippen molar-refractivity contribution in [2.75, 3.05) is 42.9 Å². The Bertz CT molecular complexity index is 1620. The number of aryl methyl sites for hydroxylation is 1. The number of nitrogens with zero attached hydrogens (tertiary/aromatic N) is 6. The lowest BCUT2D eigenvalue weighted by Crippen LogP contribution is -2.49. The summed E-state index contributed by atoms with van der Waals surface area (Å²) >= 11 is 9.63. The quantitative estimate of drug-likeness (QED) is 0.366. The van der Waals surface area contributed by atoms with Gasteiger partial charge in [-0.25, -0.2) is 4.79 Å². The maximum absolute atomic E-state index is 13.2. The molecule has 2 aromatic carbocycles. The molecule has 5 rings (SSSR count). The zero-order valence-electron chi connectivity index (χ0n) is 21.0. The molecule has 0 bridgehead atoms. The number of carbonyl (C=O) groups is 1. The van der Waals surface area contributed by atoms with Crippen LogP contribution in [-0.4, -0.2) is 62.2 Å². The average molecular weight is 601 g/mol. The van der Waals surface area contributed by atoms with Crippen molar-refractivity contribution < 1.29 is 4.79 Å². The summed E-state index contributed by atoms with van der Waals surface area (Å²) < 4.78 is 5.37. The van der Waals surface area contributed by atoms with E-state index in [1.165, 1.54) is 11.6 Å². The zero-order chi connectivity index (χ0) is 27.0. The number of halogens is 2. The van der Waals surface area contributed by atoms with Crippen LogP contribution < -0.4 is 21.5 Å². The molecule has 38 heavy (non-hydrogen) atoms. The number of hydrogen-bond donors (Lipinski definition) is 1. The Morgan fingerprint density at radius 1 is 1.00 bits per heavy atom. The minimum absolute atomic E-state index is 0.132. The van der Waals surface area contributed by atoms with Gasteiger partial charge in [0.1, 0.15) is 0 Å². The standard InChI is InChI=1S/C26H27BrClN7O3/c1-31-23-22(24(37)32(2)26(31)38)35(15-17-7-9-18(27)10-8-17)25(30-23)34-13-11-33(12-14-34)16-21(36)29-20-6-4-3-5-19(20)28/h3-10H,11-16H2,1-2H3,(H,29,36). The van der Waals surface area contributed by atoms with Crippen LogP contribution in [0.2, 0.25) is 5.02 Å². The van der Waals surface area contributed by atoms with Gasteiger partial charge in [-0.05, 0) is 29.8 Å². The maximum atomic E-state index is 13.2. The van der Waals surface area contributed by atoms with E-state index in [9.17, 15) is 14.4 Å². The van der Waals surface area contributed by atoms with Gasteiger partial charge in [-0.3, -0.25) is 28.2 Å². The number of nitrogens with one attached hydrogen (secondary N) is 1. The highest BCUT2D eigenvalue weighted by atomic mass is 79.9. The van der Waals surface area contributed by atoms with Crippen molar-refractivity contribution in [1.82, 2.24) is 23.6 Å². The molecule has 198 valence electrons. The molecule has 3 heterocycles. The van der Waals surface area contributed by atoms with Crippen molar-refractivity contribution in [3.05, 3.63) is 84.4 Å². The second kappa shape index (κ2) is 10.8. The first-order valence-electron chi connectivity index (χ1n) is 12.2. The molecular formula is C26H27BrClN7O3. The van der Waals surface area contributed by atoms with Gasteiger partial charge in [0.25, 0.3) is 5.56 Å². The van der Waals surface area contributed by atoms with Gasteiger partial charge in [0.2, 0.25) is 11.9 Å². The number of fused-ring (bicyclic) bond motifs is 1. The molecule has 2 aromatic heterocycles. The van der Waals surface area contributed by atoms with Crippen LogP contribution in [0.15, 0.2) is 62.6 Å². The van der Waals surface area contributed by atoms with Crippen molar-refractivity contribution in [3.8, 4) is 0 Å². The van der Waals surface area contributed by atoms with Crippen LogP contribution in [-0.2, 0) is 25.4 Å². The van der Waals surface area contributed by atoms with Gasteiger partial charge in [0.05, 0.1) is 23.8 Å². The fraction of sp³-hybridized carbons (Fsp3) is 0.308. The minimum Gasteiger partial charge on any atom is -0.340 e. The van der Waals surface area contributed by atoms with Crippen LogP contribution in [0, 0.1) is 0 Å². The van der Waals surface area contributed by atoms with E-state index < -0.39 is 5.69 Å². The van der Waals surface area contributed by atoms with Crippen LogP contribution >= 0.6 is 27.5 Å². The second-order valence-corrected chi connectivity index (χ2v) is 10.6. The van der Waals surface area contributed by atoms with Crippen LogP contribution in [0.1, 0.15) is 5.56 Å². The molecule has 1 aliphatic rings. The summed E-state index contributed by atoms with van der Waals surface area (Å²) in [6.07, 6.45) is 0. The Balaban J connectivity index is 1.39. The highest BCUT2D eigenvalue weighted by Crippen LogP contribution is 2.24. The fourth-order valence-corrected chi connectivity index (χ4v) is 5.11. The van der Waals surface area contributed by atoms with Crippen molar-refractivity contribution in [2.45, 2.75) is 6.54 Å². The van der Waals surface area contributed by atoms with Gasteiger partial charge in [-0.1, -0.05) is 51.8 Å². The van der Waals surface area contributed by atoms with Gasteiger partial charge in [0, 0.05) is 44.7 Å². The van der Waals surface area contributed by atoms with E-state index in [0.717, 1.165) is 14.6 Å². The van der Waals surface area contributed by atoms with E-state index in [-0.39, 0.29) is 18.0 Å². The summed E-state index contributed by atoms with van der Waals surface area (Å²) in [7, 11) is 3.10. The third-order valence-corrected chi connectivity index (χ3v) is 7.61. The lowest BCUT2D eigenvalue weighted by molar-refractivity contribution is -0.117. The molecule has 12 heteroatoms. The van der Waals surface area contributed by atoms with Crippen molar-refractivity contribution >= 4 is 56.2 Å². The molecule has 10 nitrogen and oxygen atoms in total. The first kappa shape index (κ1) is 26.2. The molecule has 1 amide bonds. The molecular weight excluding hydrogens is 574 g/mol. The van der Waals surface area contributed by atoms with Gasteiger partial charge in [-0.2, -0.15) is 4.98 Å². The lowest BCUT2D eigenvalue weighted by atomic mass is 10.2. The smallest absolute Gasteiger partial charge is 0.332 e. The highest BCUT2D eigenvalue weighted by Gasteiger charge is 2.26. The van der Waals surface area contributed by atoms with Crippen molar-refractivity contribution in [3.63, 3.8) is 0 Å². The van der Waals surface area contributed by atoms with E-state index in [1.54, 1.807) is 19.2 Å². The monoisotopic (exact) mass is 599 g/mol. The number of rotatable bonds is 6. The number of piperazine rings is 1. The molecule has 0 unspecified atom stereocenters. The predicted molar refractivity (Wildman–Crippen MR) is 152 cm³/mol. The number of benzene rings is 2. The number of para-hydroxylation sites is 1. The normalized spacial score (nSPS) is 14.3. The highest BCUT2D eigenvalue weighted by molar-refractivity contribution is 9.10. The fourth-order valence-electron chi connectivity index (χ4n) is 4.66. The van der Waals surface area contributed by atoms with Gasteiger partial charge < -0.3 is 10.2 Å². The summed E-state index contributed by atoms with van der Waals surface area (Å²) in [4.78, 5) is 47.4. The Hall–Kier alpha value is -3.41. The number of anilines is 2. The van der Waals surface area contributed by atoms with Gasteiger partial charge in [-0.15, -0.1) is 0 Å². The van der Waals surface area contributed by atoms with E-state index in [4.69, 9.17) is 16.6 Å². The predicted octanol–water partition coefficient (Wildman–Crippen LogP) is 2.66. The van der Waals surface area contributed by atoms with Crippen LogP contribution in [0.4, 0.5) is 11.6 Å². The molecule has 0 atom stereocenters. The number of aromatic nitrogens is 4. The Morgan fingerprint density at radius 2 is 1.68 bits per heavy atom. The molecule has 0 spiro atoms. The Labute approximate surface area is 232 Å². The van der Waals surface area contributed by atoms with Crippen molar-refractivity contribution in [1.29, 1.82) is 0 Å². The molecule has 0 aliphatic carbocycles. The van der Waals surface area contributed by atoms with Gasteiger partial charge >= 0.3 is 5.69 Å². The van der Waals surface area contributed by atoms with E-state index in [2.05, 4.69) is 31.0 Å². The summed E-state index contributed by atoms with van der Waals surface area (Å²) in [5.74, 6) is 0.494. The largest absolute Gasteiger partial charge is 0.340 e. The molecule has 4 aromatic rings. The molecule has 0 saturated carbocycles. The average Bonchev–Trinajstić information content (AvgIpc) is 3.28. The minimum atomic E-state index is -0.420. The number of hydrogen-bond acceptors (Lipinski definition) is 6. The summed E-state index contributed by atoms with van der Waals surface area (Å²) in [5, 5.41) is 3.36. The summed E-state index contributed by atoms with van der Waals surface area (Å²) in [6, 6.07) is 15.0. The van der Waals surface area contributed by atoms with Crippen LogP contribution in [0.5, 0.6) is 0 Å². The molecule has 1 N–H and O–H groups in total. The van der Waals surface area contributed by atoms with Crippen LogP contribution in [0.25, 0.3) is 11.2 Å². The summed E-state index contributed by atoms with van der Waals surface area (Å²) in [6.45, 7) is 3.15. The third kappa shape index (κ3) is 5.13. The van der Waals surface area contributed by atoms with Crippen LogP contribution in [0.3, 0.4) is 0 Å². The molecule has 1 fully saturated rings. The van der Waals surface area contributed by atoms with E-state index in [0.29, 0.717) is 60.5 Å².